The Morgan fingerprint density at radius 2 is 1.44 bits per heavy atom. The van der Waals surface area contributed by atoms with E-state index in [-0.39, 0.29) is 24.1 Å². The fourth-order valence-electron chi connectivity index (χ4n) is 2.62. The Balaban J connectivity index is 2.66. The molecule has 0 aliphatic rings. The second-order valence-electron chi connectivity index (χ2n) is 6.61. The van der Waals surface area contributed by atoms with Crippen molar-refractivity contribution in [1.82, 2.24) is 10.6 Å². The number of urea groups is 2. The van der Waals surface area contributed by atoms with Crippen LogP contribution in [0.5, 0.6) is 0 Å². The van der Waals surface area contributed by atoms with Crippen molar-refractivity contribution in [1.29, 1.82) is 0 Å². The van der Waals surface area contributed by atoms with Crippen LogP contribution in [0.15, 0.2) is 18.2 Å². The van der Waals surface area contributed by atoms with Gasteiger partial charge >= 0.3 is 12.1 Å². The molecule has 1 aromatic rings. The lowest BCUT2D eigenvalue weighted by atomic mass is 10.1. The number of nitrogens with one attached hydrogen (secondary N) is 4. The third-order valence-corrected chi connectivity index (χ3v) is 3.94. The number of rotatable bonds is 8. The molecule has 2 atom stereocenters. The van der Waals surface area contributed by atoms with E-state index in [2.05, 4.69) is 35.1 Å². The Morgan fingerprint density at radius 3 is 1.96 bits per heavy atom. The molecule has 0 spiro atoms. The first-order chi connectivity index (χ1) is 11.8. The second-order valence-corrected chi connectivity index (χ2v) is 6.61. The van der Waals surface area contributed by atoms with Crippen molar-refractivity contribution < 1.29 is 9.59 Å². The smallest absolute Gasteiger partial charge is 0.319 e. The maximum Gasteiger partial charge on any atom is 0.319 e. The zero-order chi connectivity index (χ0) is 18.8. The summed E-state index contributed by atoms with van der Waals surface area (Å²) in [5.74, 6) is 0. The fourth-order valence-corrected chi connectivity index (χ4v) is 2.62. The maximum atomic E-state index is 12.1. The fraction of sp³-hybridized carbons (Fsp3) is 0.579. The molecule has 1 rings (SSSR count). The van der Waals surface area contributed by atoms with Crippen LogP contribution >= 0.6 is 0 Å². The van der Waals surface area contributed by atoms with Gasteiger partial charge in [0.25, 0.3) is 0 Å². The van der Waals surface area contributed by atoms with Crippen LogP contribution in [0.25, 0.3) is 0 Å². The van der Waals surface area contributed by atoms with Crippen LogP contribution in [0.2, 0.25) is 0 Å². The molecular formula is C19H32N4O2. The molecule has 0 aliphatic carbocycles. The third kappa shape index (κ3) is 7.92. The minimum absolute atomic E-state index is 0.123. The number of hydrogen-bond donors (Lipinski definition) is 4. The van der Waals surface area contributed by atoms with Gasteiger partial charge in [-0.2, -0.15) is 0 Å². The van der Waals surface area contributed by atoms with E-state index in [0.29, 0.717) is 11.4 Å². The Labute approximate surface area is 151 Å². The van der Waals surface area contributed by atoms with E-state index in [1.165, 1.54) is 0 Å². The van der Waals surface area contributed by atoms with Crippen LogP contribution < -0.4 is 21.3 Å². The summed E-state index contributed by atoms with van der Waals surface area (Å²) >= 11 is 0. The van der Waals surface area contributed by atoms with E-state index in [1.807, 2.05) is 32.9 Å². The standard InChI is InChI=1S/C19H32N4O2/c1-6-8-14(4)20-18(24)22-16-11-10-13(3)17(12-16)23-19(25)21-15(5)9-7-2/h10-12,14-15H,6-9H2,1-5H3,(H2,20,22,24)(H2,21,23,25)/t14-,15-/m0/s1. The molecule has 0 heterocycles. The van der Waals surface area contributed by atoms with E-state index in [1.54, 1.807) is 6.07 Å². The average molecular weight is 348 g/mol. The molecule has 0 bridgehead atoms. The molecule has 0 fully saturated rings. The van der Waals surface area contributed by atoms with E-state index < -0.39 is 0 Å². The van der Waals surface area contributed by atoms with Crippen LogP contribution in [0.4, 0.5) is 21.0 Å². The van der Waals surface area contributed by atoms with E-state index in [9.17, 15) is 9.59 Å². The van der Waals surface area contributed by atoms with Gasteiger partial charge < -0.3 is 21.3 Å². The Morgan fingerprint density at radius 1 is 0.920 bits per heavy atom. The lowest BCUT2D eigenvalue weighted by molar-refractivity contribution is 0.248. The molecule has 4 N–H and O–H groups in total. The average Bonchev–Trinajstić information content (AvgIpc) is 2.50. The second kappa shape index (κ2) is 10.6. The number of carbonyl (C=O) groups is 2. The number of hydrogen-bond acceptors (Lipinski definition) is 2. The van der Waals surface area contributed by atoms with Crippen molar-refractivity contribution in [2.24, 2.45) is 0 Å². The topological polar surface area (TPSA) is 82.3 Å². The first-order valence-corrected chi connectivity index (χ1v) is 9.11. The normalized spacial score (nSPS) is 12.8. The molecule has 25 heavy (non-hydrogen) atoms. The summed E-state index contributed by atoms with van der Waals surface area (Å²) in [6.45, 7) is 10.0. The zero-order valence-electron chi connectivity index (χ0n) is 16.0. The van der Waals surface area contributed by atoms with Crippen molar-refractivity contribution in [3.8, 4) is 0 Å². The highest BCUT2D eigenvalue weighted by molar-refractivity contribution is 5.93. The number of anilines is 2. The highest BCUT2D eigenvalue weighted by atomic mass is 16.2. The van der Waals surface area contributed by atoms with Gasteiger partial charge in [-0.05, 0) is 51.3 Å². The van der Waals surface area contributed by atoms with Gasteiger partial charge in [-0.15, -0.1) is 0 Å². The van der Waals surface area contributed by atoms with Gasteiger partial charge in [0.05, 0.1) is 0 Å². The molecule has 0 radical (unpaired) electrons. The highest BCUT2D eigenvalue weighted by Crippen LogP contribution is 2.20. The summed E-state index contributed by atoms with van der Waals surface area (Å²) in [5, 5.41) is 11.5. The van der Waals surface area contributed by atoms with Crippen molar-refractivity contribution in [2.45, 2.75) is 72.4 Å². The van der Waals surface area contributed by atoms with Crippen molar-refractivity contribution in [3.05, 3.63) is 23.8 Å². The Hall–Kier alpha value is -2.24. The largest absolute Gasteiger partial charge is 0.335 e. The van der Waals surface area contributed by atoms with Crippen LogP contribution in [0.1, 0.15) is 58.9 Å². The molecule has 0 saturated carbocycles. The Kier molecular flexibility index (Phi) is 8.81. The minimum atomic E-state index is -0.239. The number of carbonyl (C=O) groups excluding carboxylic acids is 2. The lowest BCUT2D eigenvalue weighted by Crippen LogP contribution is -2.36. The highest BCUT2D eigenvalue weighted by Gasteiger charge is 2.10. The van der Waals surface area contributed by atoms with Crippen molar-refractivity contribution in [2.75, 3.05) is 10.6 Å². The van der Waals surface area contributed by atoms with Gasteiger partial charge in [-0.3, -0.25) is 0 Å². The van der Waals surface area contributed by atoms with Gasteiger partial charge in [-0.1, -0.05) is 32.8 Å². The first kappa shape index (κ1) is 20.8. The van der Waals surface area contributed by atoms with E-state index >= 15 is 0 Å². The van der Waals surface area contributed by atoms with Crippen LogP contribution in [0.3, 0.4) is 0 Å². The van der Waals surface area contributed by atoms with E-state index in [0.717, 1.165) is 31.2 Å². The summed E-state index contributed by atoms with van der Waals surface area (Å²) in [6, 6.07) is 5.23. The third-order valence-electron chi connectivity index (χ3n) is 3.94. The van der Waals surface area contributed by atoms with Crippen LogP contribution in [0, 0.1) is 6.92 Å². The molecule has 1 aromatic carbocycles. The van der Waals surface area contributed by atoms with Gasteiger partial charge in [0.2, 0.25) is 0 Å². The zero-order valence-corrected chi connectivity index (χ0v) is 16.0. The predicted octanol–water partition coefficient (Wildman–Crippen LogP) is 4.62. The summed E-state index contributed by atoms with van der Waals surface area (Å²) in [5.41, 5.74) is 2.26. The van der Waals surface area contributed by atoms with Crippen LogP contribution in [-0.2, 0) is 0 Å². The molecule has 0 aromatic heterocycles. The molecular weight excluding hydrogens is 316 g/mol. The number of aryl methyl sites for hydroxylation is 1. The summed E-state index contributed by atoms with van der Waals surface area (Å²) < 4.78 is 0. The van der Waals surface area contributed by atoms with Crippen molar-refractivity contribution in [3.63, 3.8) is 0 Å². The molecule has 140 valence electrons. The molecule has 6 heteroatoms. The maximum absolute atomic E-state index is 12.1. The summed E-state index contributed by atoms with van der Waals surface area (Å²) in [7, 11) is 0. The Bertz CT molecular complexity index is 575. The monoisotopic (exact) mass is 348 g/mol. The van der Waals surface area contributed by atoms with E-state index in [4.69, 9.17) is 0 Å². The van der Waals surface area contributed by atoms with Gasteiger partial charge in [-0.25, -0.2) is 9.59 Å². The molecule has 4 amide bonds. The predicted molar refractivity (Wildman–Crippen MR) is 104 cm³/mol. The first-order valence-electron chi connectivity index (χ1n) is 9.11. The molecule has 0 aliphatic heterocycles. The van der Waals surface area contributed by atoms with Crippen molar-refractivity contribution >= 4 is 23.4 Å². The SMILES string of the molecule is CCC[C@H](C)NC(=O)Nc1ccc(C)c(NC(=O)N[C@@H](C)CCC)c1. The van der Waals surface area contributed by atoms with Crippen LogP contribution in [-0.4, -0.2) is 24.1 Å². The number of amides is 4. The van der Waals surface area contributed by atoms with Gasteiger partial charge in [0.15, 0.2) is 0 Å². The molecule has 0 unspecified atom stereocenters. The van der Waals surface area contributed by atoms with Gasteiger partial charge in [0.1, 0.15) is 0 Å². The summed E-state index contributed by atoms with van der Waals surface area (Å²) in [4.78, 5) is 24.1. The van der Waals surface area contributed by atoms with Gasteiger partial charge in [0, 0.05) is 23.5 Å². The summed E-state index contributed by atoms with van der Waals surface area (Å²) in [6.07, 6.45) is 3.91. The minimum Gasteiger partial charge on any atom is -0.335 e. The molecule has 6 nitrogen and oxygen atoms in total. The quantitative estimate of drug-likeness (QED) is 0.553. The number of benzene rings is 1. The molecule has 0 saturated heterocycles. The lowest BCUT2D eigenvalue weighted by Gasteiger charge is -2.16.